The van der Waals surface area contributed by atoms with Crippen molar-refractivity contribution >= 4 is 17.2 Å². The molecule has 2 aromatic rings. The van der Waals surface area contributed by atoms with Crippen molar-refractivity contribution in [3.05, 3.63) is 39.8 Å². The van der Waals surface area contributed by atoms with Crippen molar-refractivity contribution in [2.24, 2.45) is 0 Å². The topological polar surface area (TPSA) is 75.1 Å². The van der Waals surface area contributed by atoms with E-state index in [2.05, 4.69) is 9.88 Å². The Kier molecular flexibility index (Phi) is 7.33. The van der Waals surface area contributed by atoms with Crippen LogP contribution >= 0.6 is 11.3 Å². The third kappa shape index (κ3) is 5.50. The van der Waals surface area contributed by atoms with Crippen molar-refractivity contribution < 1.29 is 19.4 Å². The van der Waals surface area contributed by atoms with Crippen LogP contribution in [0, 0.1) is 6.92 Å². The van der Waals surface area contributed by atoms with Crippen molar-refractivity contribution in [3.63, 3.8) is 0 Å². The highest BCUT2D eigenvalue weighted by Crippen LogP contribution is 2.36. The van der Waals surface area contributed by atoms with Gasteiger partial charge in [-0.15, -0.1) is 11.3 Å². The fourth-order valence-corrected chi connectivity index (χ4v) is 4.58. The Morgan fingerprint density at radius 2 is 1.93 bits per heavy atom. The minimum atomic E-state index is -0.955. The molecule has 0 radical (unpaired) electrons. The van der Waals surface area contributed by atoms with Crippen LogP contribution in [0.2, 0.25) is 0 Å². The van der Waals surface area contributed by atoms with E-state index >= 15 is 0 Å². The lowest BCUT2D eigenvalue weighted by Crippen LogP contribution is -2.37. The average Bonchev–Trinajstić information content (AvgIpc) is 3.01. The number of benzene rings is 1. The Bertz CT molecular complexity index is 853. The fourth-order valence-electron chi connectivity index (χ4n) is 3.46. The van der Waals surface area contributed by atoms with Gasteiger partial charge < -0.3 is 19.5 Å². The minimum absolute atomic E-state index is 0.0866. The molecule has 1 aromatic carbocycles. The number of likely N-dealkylation sites (tertiary alicyclic amines) is 1. The van der Waals surface area contributed by atoms with E-state index in [0.717, 1.165) is 40.0 Å². The molecule has 3 rings (SSSR count). The van der Waals surface area contributed by atoms with Gasteiger partial charge in [0.2, 0.25) is 5.91 Å². The highest BCUT2D eigenvalue weighted by molar-refractivity contribution is 7.11. The number of carbonyl (C=O) groups excluding carboxylic acids is 1. The lowest BCUT2D eigenvalue weighted by molar-refractivity contribution is -0.129. The maximum Gasteiger partial charge on any atom is 0.236 e. The van der Waals surface area contributed by atoms with E-state index in [4.69, 9.17) is 9.47 Å². The predicted octanol–water partition coefficient (Wildman–Crippen LogP) is 2.80. The first-order chi connectivity index (χ1) is 14.3. The summed E-state index contributed by atoms with van der Waals surface area (Å²) in [6, 6.07) is 7.47. The zero-order valence-electron chi connectivity index (χ0n) is 18.2. The molecule has 0 spiro atoms. The standard InChI is InChI=1S/C22H31N3O4S/c1-16-19(15-29-18-8-6-17(28-4)7-9-18)30-21(23-16)22(27)10-5-12-25(13-11-22)14-20(26)24(2)3/h6-9,27H,5,10-15H2,1-4H3. The molecule has 8 heteroatoms. The number of thiazole rings is 1. The largest absolute Gasteiger partial charge is 0.497 e. The van der Waals surface area contributed by atoms with E-state index in [1.54, 1.807) is 26.1 Å². The Balaban J connectivity index is 1.63. The SMILES string of the molecule is COc1ccc(OCc2sc(C3(O)CCCN(CC(=O)N(C)C)CC3)nc2C)cc1. The molecule has 1 aliphatic heterocycles. The van der Waals surface area contributed by atoms with Crippen molar-refractivity contribution in [1.82, 2.24) is 14.8 Å². The molecule has 0 bridgehead atoms. The number of aliphatic hydroxyl groups is 1. The summed E-state index contributed by atoms with van der Waals surface area (Å²) in [5.41, 5.74) is -0.0650. The van der Waals surface area contributed by atoms with Crippen molar-refractivity contribution in [2.75, 3.05) is 40.8 Å². The van der Waals surface area contributed by atoms with E-state index in [1.165, 1.54) is 11.3 Å². The van der Waals surface area contributed by atoms with Crippen molar-refractivity contribution in [3.8, 4) is 11.5 Å². The van der Waals surface area contributed by atoms with Gasteiger partial charge in [-0.2, -0.15) is 0 Å². The summed E-state index contributed by atoms with van der Waals surface area (Å²) >= 11 is 1.52. The first kappa shape index (κ1) is 22.5. The van der Waals surface area contributed by atoms with Crippen LogP contribution in [0.5, 0.6) is 11.5 Å². The predicted molar refractivity (Wildman–Crippen MR) is 117 cm³/mol. The maximum absolute atomic E-state index is 12.0. The molecule has 0 saturated carbocycles. The van der Waals surface area contributed by atoms with Gasteiger partial charge in [-0.3, -0.25) is 9.69 Å². The summed E-state index contributed by atoms with van der Waals surface area (Å²) < 4.78 is 11.1. The van der Waals surface area contributed by atoms with Gasteiger partial charge in [0.25, 0.3) is 0 Å². The number of carbonyl (C=O) groups is 1. The zero-order chi connectivity index (χ0) is 21.7. The van der Waals surface area contributed by atoms with Gasteiger partial charge >= 0.3 is 0 Å². The molecule has 30 heavy (non-hydrogen) atoms. The fraction of sp³-hybridized carbons (Fsp3) is 0.545. The van der Waals surface area contributed by atoms with Crippen molar-refractivity contribution in [1.29, 1.82) is 0 Å². The van der Waals surface area contributed by atoms with Gasteiger partial charge in [0.05, 0.1) is 24.2 Å². The molecule has 1 saturated heterocycles. The first-order valence-electron chi connectivity index (χ1n) is 10.2. The van der Waals surface area contributed by atoms with E-state index in [-0.39, 0.29) is 5.91 Å². The number of aromatic nitrogens is 1. The summed E-state index contributed by atoms with van der Waals surface area (Å²) in [6.45, 7) is 4.23. The Morgan fingerprint density at radius 3 is 2.60 bits per heavy atom. The number of likely N-dealkylation sites (N-methyl/N-ethyl adjacent to an activating group) is 1. The molecular formula is C22H31N3O4S. The second-order valence-corrected chi connectivity index (χ2v) is 9.02. The number of aryl methyl sites for hydroxylation is 1. The number of amides is 1. The van der Waals surface area contributed by atoms with Gasteiger partial charge in [-0.25, -0.2) is 4.98 Å². The smallest absolute Gasteiger partial charge is 0.236 e. The highest BCUT2D eigenvalue weighted by Gasteiger charge is 2.35. The second kappa shape index (κ2) is 9.76. The number of ether oxygens (including phenoxy) is 2. The van der Waals surface area contributed by atoms with Crippen LogP contribution in [0.3, 0.4) is 0 Å². The highest BCUT2D eigenvalue weighted by atomic mass is 32.1. The van der Waals surface area contributed by atoms with Crippen LogP contribution in [0.25, 0.3) is 0 Å². The van der Waals surface area contributed by atoms with E-state index in [9.17, 15) is 9.90 Å². The average molecular weight is 434 g/mol. The second-order valence-electron chi connectivity index (χ2n) is 7.94. The molecule has 1 aliphatic rings. The molecule has 7 nitrogen and oxygen atoms in total. The summed E-state index contributed by atoms with van der Waals surface area (Å²) in [4.78, 5) is 21.4. The van der Waals surface area contributed by atoms with Crippen LogP contribution < -0.4 is 9.47 Å². The molecule has 1 amide bonds. The number of methoxy groups -OCH3 is 1. The summed E-state index contributed by atoms with van der Waals surface area (Å²) in [6.07, 6.45) is 2.04. The molecule has 1 fully saturated rings. The molecular weight excluding hydrogens is 402 g/mol. The van der Waals surface area contributed by atoms with Crippen LogP contribution in [0.4, 0.5) is 0 Å². The number of rotatable bonds is 7. The quantitative estimate of drug-likeness (QED) is 0.724. The minimum Gasteiger partial charge on any atom is -0.497 e. The van der Waals surface area contributed by atoms with Crippen LogP contribution in [-0.4, -0.2) is 66.6 Å². The lowest BCUT2D eigenvalue weighted by Gasteiger charge is -2.25. The first-order valence-corrected chi connectivity index (χ1v) is 11.0. The molecule has 1 unspecified atom stereocenters. The van der Waals surface area contributed by atoms with Crippen molar-refractivity contribution in [2.45, 2.75) is 38.4 Å². The van der Waals surface area contributed by atoms with Gasteiger partial charge in [0, 0.05) is 20.6 Å². The normalized spacial score (nSPS) is 19.9. The van der Waals surface area contributed by atoms with Crippen LogP contribution in [0.15, 0.2) is 24.3 Å². The number of nitrogens with zero attached hydrogens (tertiary/aromatic N) is 3. The monoisotopic (exact) mass is 433 g/mol. The Hall–Kier alpha value is -2.16. The van der Waals surface area contributed by atoms with Gasteiger partial charge in [0.1, 0.15) is 28.7 Å². The summed E-state index contributed by atoms with van der Waals surface area (Å²) in [5, 5.41) is 12.1. The summed E-state index contributed by atoms with van der Waals surface area (Å²) in [5.74, 6) is 1.64. The zero-order valence-corrected chi connectivity index (χ0v) is 19.0. The van der Waals surface area contributed by atoms with E-state index < -0.39 is 5.60 Å². The Morgan fingerprint density at radius 1 is 1.23 bits per heavy atom. The molecule has 0 aliphatic carbocycles. The van der Waals surface area contributed by atoms with Gasteiger partial charge in [-0.05, 0) is 57.0 Å². The molecule has 1 N–H and O–H groups in total. The third-order valence-electron chi connectivity index (χ3n) is 5.48. The lowest BCUT2D eigenvalue weighted by atomic mass is 9.96. The Labute approximate surface area is 182 Å². The van der Waals surface area contributed by atoms with Crippen LogP contribution in [0.1, 0.15) is 34.8 Å². The molecule has 1 aromatic heterocycles. The van der Waals surface area contributed by atoms with E-state index in [1.807, 2.05) is 31.2 Å². The molecule has 1 atom stereocenters. The number of hydrogen-bond donors (Lipinski definition) is 1. The summed E-state index contributed by atoms with van der Waals surface area (Å²) in [7, 11) is 5.17. The third-order valence-corrected chi connectivity index (χ3v) is 6.81. The van der Waals surface area contributed by atoms with E-state index in [0.29, 0.717) is 32.5 Å². The number of hydrogen-bond acceptors (Lipinski definition) is 7. The maximum atomic E-state index is 12.0. The van der Waals surface area contributed by atoms with Crippen LogP contribution in [-0.2, 0) is 17.0 Å². The molecule has 2 heterocycles. The van der Waals surface area contributed by atoms with Gasteiger partial charge in [0.15, 0.2) is 0 Å². The molecule has 164 valence electrons. The van der Waals surface area contributed by atoms with Gasteiger partial charge in [-0.1, -0.05) is 0 Å².